The number of rotatable bonds is 6. The SMILES string of the molecule is O=C(O)Cc1ccc(NC(=O)CCC2CN3CCC2CC3)cc1. The van der Waals surface area contributed by atoms with Crippen molar-refractivity contribution in [3.63, 3.8) is 0 Å². The van der Waals surface area contributed by atoms with Crippen LogP contribution in [-0.2, 0) is 16.0 Å². The lowest BCUT2D eigenvalue weighted by molar-refractivity contribution is -0.136. The first-order chi connectivity index (χ1) is 11.1. The number of fused-ring (bicyclic) bond motifs is 3. The Morgan fingerprint density at radius 2 is 1.87 bits per heavy atom. The second-order valence-corrected chi connectivity index (χ2v) is 6.75. The van der Waals surface area contributed by atoms with Crippen LogP contribution in [-0.4, -0.2) is 41.5 Å². The van der Waals surface area contributed by atoms with Crippen molar-refractivity contribution in [1.29, 1.82) is 0 Å². The summed E-state index contributed by atoms with van der Waals surface area (Å²) in [6.07, 6.45) is 4.11. The highest BCUT2D eigenvalue weighted by molar-refractivity contribution is 5.90. The van der Waals surface area contributed by atoms with Gasteiger partial charge >= 0.3 is 5.97 Å². The van der Waals surface area contributed by atoms with Gasteiger partial charge in [-0.15, -0.1) is 0 Å². The molecule has 5 nitrogen and oxygen atoms in total. The molecular formula is C18H24N2O3. The van der Waals surface area contributed by atoms with E-state index in [2.05, 4.69) is 10.2 Å². The van der Waals surface area contributed by atoms with E-state index in [9.17, 15) is 9.59 Å². The minimum absolute atomic E-state index is 0.00773. The zero-order valence-corrected chi connectivity index (χ0v) is 13.3. The normalized spacial score (nSPS) is 26.0. The molecule has 23 heavy (non-hydrogen) atoms. The first-order valence-electron chi connectivity index (χ1n) is 8.43. The van der Waals surface area contributed by atoms with Crippen molar-refractivity contribution in [3.05, 3.63) is 29.8 Å². The van der Waals surface area contributed by atoms with E-state index in [1.165, 1.54) is 25.9 Å². The number of nitrogens with one attached hydrogen (secondary N) is 1. The fourth-order valence-corrected chi connectivity index (χ4v) is 3.84. The minimum atomic E-state index is -0.848. The molecule has 3 saturated heterocycles. The topological polar surface area (TPSA) is 69.6 Å². The largest absolute Gasteiger partial charge is 0.481 e. The van der Waals surface area contributed by atoms with Crippen LogP contribution in [0.15, 0.2) is 24.3 Å². The van der Waals surface area contributed by atoms with Crippen molar-refractivity contribution in [1.82, 2.24) is 4.90 Å². The van der Waals surface area contributed by atoms with Crippen molar-refractivity contribution >= 4 is 17.6 Å². The van der Waals surface area contributed by atoms with Gasteiger partial charge in [-0.25, -0.2) is 0 Å². The maximum absolute atomic E-state index is 12.1. The van der Waals surface area contributed by atoms with E-state index in [1.54, 1.807) is 24.3 Å². The second kappa shape index (κ2) is 7.13. The third-order valence-electron chi connectivity index (χ3n) is 5.13. The van der Waals surface area contributed by atoms with Gasteiger partial charge in [-0.2, -0.15) is 0 Å². The van der Waals surface area contributed by atoms with Crippen LogP contribution >= 0.6 is 0 Å². The van der Waals surface area contributed by atoms with Crippen LogP contribution in [0.5, 0.6) is 0 Å². The predicted octanol–water partition coefficient (Wildman–Crippen LogP) is 2.37. The highest BCUT2D eigenvalue weighted by Gasteiger charge is 2.33. The lowest BCUT2D eigenvalue weighted by atomic mass is 9.77. The zero-order valence-electron chi connectivity index (χ0n) is 13.3. The van der Waals surface area contributed by atoms with Gasteiger partial charge in [0.2, 0.25) is 5.91 Å². The Labute approximate surface area is 136 Å². The Morgan fingerprint density at radius 3 is 2.43 bits per heavy atom. The van der Waals surface area contributed by atoms with Gasteiger partial charge in [-0.1, -0.05) is 12.1 Å². The second-order valence-electron chi connectivity index (χ2n) is 6.75. The molecule has 2 N–H and O–H groups in total. The summed E-state index contributed by atoms with van der Waals surface area (Å²) < 4.78 is 0. The fraction of sp³-hybridized carbons (Fsp3) is 0.556. The van der Waals surface area contributed by atoms with E-state index in [-0.39, 0.29) is 12.3 Å². The smallest absolute Gasteiger partial charge is 0.307 e. The highest BCUT2D eigenvalue weighted by Crippen LogP contribution is 2.34. The number of anilines is 1. The van der Waals surface area contributed by atoms with E-state index in [0.29, 0.717) is 12.3 Å². The Balaban J connectivity index is 1.45. The summed E-state index contributed by atoms with van der Waals surface area (Å²) in [5.74, 6) is 0.677. The summed E-state index contributed by atoms with van der Waals surface area (Å²) in [5, 5.41) is 11.7. The summed E-state index contributed by atoms with van der Waals surface area (Å²) in [4.78, 5) is 25.3. The molecule has 124 valence electrons. The van der Waals surface area contributed by atoms with Gasteiger partial charge < -0.3 is 15.3 Å². The van der Waals surface area contributed by atoms with Crippen molar-refractivity contribution in [3.8, 4) is 0 Å². The van der Waals surface area contributed by atoms with Crippen LogP contribution in [0.3, 0.4) is 0 Å². The monoisotopic (exact) mass is 316 g/mol. The molecule has 3 aliphatic heterocycles. The van der Waals surface area contributed by atoms with E-state index in [1.807, 2.05) is 0 Å². The molecule has 1 unspecified atom stereocenters. The van der Waals surface area contributed by atoms with Crippen LogP contribution in [0.25, 0.3) is 0 Å². The van der Waals surface area contributed by atoms with Gasteiger partial charge in [-0.05, 0) is 61.9 Å². The summed E-state index contributed by atoms with van der Waals surface area (Å²) in [7, 11) is 0. The number of aliphatic carboxylic acids is 1. The number of carboxylic acid groups (broad SMARTS) is 1. The van der Waals surface area contributed by atoms with E-state index in [0.717, 1.165) is 30.1 Å². The van der Waals surface area contributed by atoms with Crippen LogP contribution in [0.2, 0.25) is 0 Å². The average molecular weight is 316 g/mol. The maximum Gasteiger partial charge on any atom is 0.307 e. The van der Waals surface area contributed by atoms with Gasteiger partial charge in [0.05, 0.1) is 6.42 Å². The number of nitrogens with zero attached hydrogens (tertiary/aromatic N) is 1. The Kier molecular flexibility index (Phi) is 4.96. The molecule has 0 radical (unpaired) electrons. The number of carbonyl (C=O) groups is 2. The molecule has 0 aromatic heterocycles. The highest BCUT2D eigenvalue weighted by atomic mass is 16.4. The van der Waals surface area contributed by atoms with Crippen LogP contribution < -0.4 is 5.32 Å². The number of carboxylic acids is 1. The Bertz CT molecular complexity index is 562. The molecule has 1 aromatic rings. The minimum Gasteiger partial charge on any atom is -0.481 e. The number of hydrogen-bond acceptors (Lipinski definition) is 3. The maximum atomic E-state index is 12.1. The molecule has 3 fully saturated rings. The quantitative estimate of drug-likeness (QED) is 0.845. The third-order valence-corrected chi connectivity index (χ3v) is 5.13. The summed E-state index contributed by atoms with van der Waals surface area (Å²) >= 11 is 0. The molecule has 1 aromatic carbocycles. The Hall–Kier alpha value is -1.88. The molecule has 3 aliphatic rings. The number of amides is 1. The summed E-state index contributed by atoms with van der Waals surface area (Å²) in [6, 6.07) is 7.03. The van der Waals surface area contributed by atoms with Crippen LogP contribution in [0.1, 0.15) is 31.2 Å². The first kappa shape index (κ1) is 16.0. The van der Waals surface area contributed by atoms with Crippen molar-refractivity contribution in [2.45, 2.75) is 32.1 Å². The van der Waals surface area contributed by atoms with Crippen LogP contribution in [0, 0.1) is 11.8 Å². The molecule has 0 saturated carbocycles. The molecule has 1 amide bonds. The summed E-state index contributed by atoms with van der Waals surface area (Å²) in [6.45, 7) is 3.62. The van der Waals surface area contributed by atoms with E-state index >= 15 is 0 Å². The van der Waals surface area contributed by atoms with Crippen LogP contribution in [0.4, 0.5) is 5.69 Å². The number of carbonyl (C=O) groups excluding carboxylic acids is 1. The third kappa shape index (κ3) is 4.32. The standard InChI is InChI=1S/C18H24N2O3/c21-17(6-3-15-12-20-9-7-14(15)8-10-20)19-16-4-1-13(2-5-16)11-18(22)23/h1-2,4-5,14-15H,3,6-12H2,(H,19,21)(H,22,23). The number of piperidine rings is 3. The van der Waals surface area contributed by atoms with Gasteiger partial charge in [0.25, 0.3) is 0 Å². The fourth-order valence-electron chi connectivity index (χ4n) is 3.84. The lowest BCUT2D eigenvalue weighted by Gasteiger charge is -2.44. The summed E-state index contributed by atoms with van der Waals surface area (Å²) in [5.41, 5.74) is 1.47. The Morgan fingerprint density at radius 1 is 1.17 bits per heavy atom. The molecule has 0 aliphatic carbocycles. The van der Waals surface area contributed by atoms with Gasteiger partial charge in [0.15, 0.2) is 0 Å². The van der Waals surface area contributed by atoms with Gasteiger partial charge in [0, 0.05) is 18.7 Å². The molecule has 0 spiro atoms. The van der Waals surface area contributed by atoms with E-state index < -0.39 is 5.97 Å². The van der Waals surface area contributed by atoms with Gasteiger partial charge in [-0.3, -0.25) is 9.59 Å². The molecule has 5 heteroatoms. The van der Waals surface area contributed by atoms with Gasteiger partial charge in [0.1, 0.15) is 0 Å². The zero-order chi connectivity index (χ0) is 16.2. The molecule has 3 heterocycles. The molecule has 1 atom stereocenters. The van der Waals surface area contributed by atoms with E-state index in [4.69, 9.17) is 5.11 Å². The number of benzene rings is 1. The molecule has 2 bridgehead atoms. The molecular weight excluding hydrogens is 292 g/mol. The predicted molar refractivity (Wildman–Crippen MR) is 88.3 cm³/mol. The molecule has 4 rings (SSSR count). The van der Waals surface area contributed by atoms with Crippen molar-refractivity contribution < 1.29 is 14.7 Å². The number of hydrogen-bond donors (Lipinski definition) is 2. The van der Waals surface area contributed by atoms with Crippen molar-refractivity contribution in [2.24, 2.45) is 11.8 Å². The lowest BCUT2D eigenvalue weighted by Crippen LogP contribution is -2.47. The van der Waals surface area contributed by atoms with Crippen molar-refractivity contribution in [2.75, 3.05) is 25.0 Å². The average Bonchev–Trinajstić information content (AvgIpc) is 2.55. The first-order valence-corrected chi connectivity index (χ1v) is 8.43.